The molecule has 0 aromatic rings. The van der Waals surface area contributed by atoms with Crippen molar-refractivity contribution in [3.63, 3.8) is 0 Å². The summed E-state index contributed by atoms with van der Waals surface area (Å²) >= 11 is 0. The van der Waals surface area contributed by atoms with E-state index in [9.17, 15) is 0 Å². The highest BCUT2D eigenvalue weighted by Gasteiger charge is 2.36. The van der Waals surface area contributed by atoms with Crippen LogP contribution in [0.15, 0.2) is 12.2 Å². The predicted octanol–water partition coefficient (Wildman–Crippen LogP) is 2.05. The molecule has 0 saturated heterocycles. The maximum atomic E-state index is 5.91. The number of hydrogen-bond acceptors (Lipinski definition) is 0. The Hall–Kier alpha value is -0.260. The molecule has 0 aromatic carbocycles. The highest BCUT2D eigenvalue weighted by molar-refractivity contribution is 5.16. The molecule has 2 radical (unpaired) electrons. The zero-order valence-electron chi connectivity index (χ0n) is 4.93. The van der Waals surface area contributed by atoms with Gasteiger partial charge in [-0.15, -0.1) is 0 Å². The topological polar surface area (TPSA) is 0 Å². The fourth-order valence-corrected chi connectivity index (χ4v) is 1.79. The first-order chi connectivity index (χ1) is 3.79. The molecule has 0 aliphatic heterocycles. The Morgan fingerprint density at radius 2 is 2.50 bits per heavy atom. The van der Waals surface area contributed by atoms with Crippen LogP contribution in [0.2, 0.25) is 0 Å². The molecular formula is C8H10. The van der Waals surface area contributed by atoms with Crippen molar-refractivity contribution in [1.82, 2.24) is 0 Å². The molecule has 0 N–H and O–H groups in total. The molecule has 2 bridgehead atoms. The summed E-state index contributed by atoms with van der Waals surface area (Å²) in [7, 11) is 0. The molecule has 2 aliphatic carbocycles. The summed E-state index contributed by atoms with van der Waals surface area (Å²) in [6.45, 7) is 5.91. The smallest absolute Gasteiger partial charge is 0.00779 e. The van der Waals surface area contributed by atoms with Crippen LogP contribution in [0.25, 0.3) is 0 Å². The van der Waals surface area contributed by atoms with E-state index in [0.29, 0.717) is 0 Å². The van der Waals surface area contributed by atoms with Gasteiger partial charge in [0.05, 0.1) is 0 Å². The van der Waals surface area contributed by atoms with Crippen LogP contribution in [-0.4, -0.2) is 0 Å². The molecule has 1 fully saturated rings. The van der Waals surface area contributed by atoms with E-state index in [-0.39, 0.29) is 5.41 Å². The summed E-state index contributed by atoms with van der Waals surface area (Å²) in [5.74, 6) is 0.833. The van der Waals surface area contributed by atoms with E-state index >= 15 is 0 Å². The van der Waals surface area contributed by atoms with E-state index in [2.05, 4.69) is 12.2 Å². The van der Waals surface area contributed by atoms with Crippen LogP contribution < -0.4 is 0 Å². The monoisotopic (exact) mass is 106 g/mol. The van der Waals surface area contributed by atoms with Crippen molar-refractivity contribution in [1.29, 1.82) is 0 Å². The summed E-state index contributed by atoms with van der Waals surface area (Å²) in [6.07, 6.45) is 8.21. The second-order valence-electron chi connectivity index (χ2n) is 3.10. The van der Waals surface area contributed by atoms with Crippen LogP contribution in [0.4, 0.5) is 0 Å². The van der Waals surface area contributed by atoms with Crippen molar-refractivity contribution < 1.29 is 0 Å². The Kier molecular flexibility index (Phi) is 0.677. The van der Waals surface area contributed by atoms with Gasteiger partial charge in [-0.25, -0.2) is 0 Å². The molecule has 1 saturated carbocycles. The second kappa shape index (κ2) is 1.18. The standard InChI is InChI=1S/C8H10/c1-8-4-2-7(6-8)3-5-8/h1-2,4,7H,3,5-6H2. The van der Waals surface area contributed by atoms with Crippen molar-refractivity contribution in [3.8, 4) is 0 Å². The molecular weight excluding hydrogens is 96.1 g/mol. The lowest BCUT2D eigenvalue weighted by Gasteiger charge is -2.13. The third kappa shape index (κ3) is 0.460. The Morgan fingerprint density at radius 3 is 2.62 bits per heavy atom. The third-order valence-electron chi connectivity index (χ3n) is 2.32. The van der Waals surface area contributed by atoms with Crippen molar-refractivity contribution in [2.24, 2.45) is 11.3 Å². The Morgan fingerprint density at radius 1 is 1.62 bits per heavy atom. The molecule has 0 spiro atoms. The van der Waals surface area contributed by atoms with Gasteiger partial charge >= 0.3 is 0 Å². The van der Waals surface area contributed by atoms with Gasteiger partial charge in [0.15, 0.2) is 0 Å². The first-order valence-electron chi connectivity index (χ1n) is 3.27. The zero-order valence-corrected chi connectivity index (χ0v) is 4.93. The van der Waals surface area contributed by atoms with Crippen LogP contribution in [0, 0.1) is 18.3 Å². The molecule has 0 nitrogen and oxygen atoms in total. The van der Waals surface area contributed by atoms with Gasteiger partial charge in [-0.1, -0.05) is 12.2 Å². The average Bonchev–Trinajstić information content (AvgIpc) is 2.21. The molecule has 2 aliphatic rings. The molecule has 0 amide bonds. The Labute approximate surface area is 50.6 Å². The maximum Gasteiger partial charge on any atom is -0.00779 e. The third-order valence-corrected chi connectivity index (χ3v) is 2.32. The van der Waals surface area contributed by atoms with Gasteiger partial charge in [0.2, 0.25) is 0 Å². The molecule has 42 valence electrons. The van der Waals surface area contributed by atoms with E-state index in [1.807, 2.05) is 0 Å². The number of rotatable bonds is 0. The van der Waals surface area contributed by atoms with Crippen molar-refractivity contribution in [2.45, 2.75) is 19.3 Å². The number of hydrogen-bond donors (Lipinski definition) is 0. The van der Waals surface area contributed by atoms with Crippen molar-refractivity contribution >= 4 is 0 Å². The lowest BCUT2D eigenvalue weighted by molar-refractivity contribution is 0.519. The Bertz CT molecular complexity index is 135. The molecule has 2 rings (SSSR count). The highest BCUT2D eigenvalue weighted by atomic mass is 14.4. The zero-order chi connectivity index (χ0) is 5.61. The highest BCUT2D eigenvalue weighted by Crippen LogP contribution is 2.48. The largest absolute Gasteiger partial charge is 0.0848 e. The molecule has 8 heavy (non-hydrogen) atoms. The average molecular weight is 106 g/mol. The quantitative estimate of drug-likeness (QED) is 0.414. The van der Waals surface area contributed by atoms with Gasteiger partial charge in [0.25, 0.3) is 0 Å². The van der Waals surface area contributed by atoms with E-state index in [1.165, 1.54) is 19.3 Å². The summed E-state index contributed by atoms with van der Waals surface area (Å²) in [6, 6.07) is 0. The number of allylic oxidation sites excluding steroid dienone is 2. The van der Waals surface area contributed by atoms with E-state index in [0.717, 1.165) is 5.92 Å². The Balaban J connectivity index is 2.33. The van der Waals surface area contributed by atoms with Crippen LogP contribution in [-0.2, 0) is 0 Å². The summed E-state index contributed by atoms with van der Waals surface area (Å²) in [5.41, 5.74) is 0.130. The van der Waals surface area contributed by atoms with Crippen LogP contribution in [0.3, 0.4) is 0 Å². The molecule has 0 heteroatoms. The van der Waals surface area contributed by atoms with Crippen molar-refractivity contribution in [3.05, 3.63) is 19.1 Å². The molecule has 2 unspecified atom stereocenters. The molecule has 0 heterocycles. The summed E-state index contributed by atoms with van der Waals surface area (Å²) in [4.78, 5) is 0. The van der Waals surface area contributed by atoms with Gasteiger partial charge in [-0.05, 0) is 37.5 Å². The van der Waals surface area contributed by atoms with Gasteiger partial charge in [-0.2, -0.15) is 0 Å². The summed E-state index contributed by atoms with van der Waals surface area (Å²) in [5, 5.41) is 0. The number of fused-ring (bicyclic) bond motifs is 2. The van der Waals surface area contributed by atoms with Gasteiger partial charge in [-0.3, -0.25) is 0 Å². The minimum absolute atomic E-state index is 0.130. The predicted molar refractivity (Wildman–Crippen MR) is 33.2 cm³/mol. The molecule has 2 atom stereocenters. The summed E-state index contributed by atoms with van der Waals surface area (Å²) < 4.78 is 0. The van der Waals surface area contributed by atoms with Gasteiger partial charge < -0.3 is 0 Å². The van der Waals surface area contributed by atoms with Crippen molar-refractivity contribution in [2.75, 3.05) is 0 Å². The molecule has 0 aromatic heterocycles. The van der Waals surface area contributed by atoms with Crippen LogP contribution in [0.5, 0.6) is 0 Å². The van der Waals surface area contributed by atoms with E-state index in [4.69, 9.17) is 6.92 Å². The van der Waals surface area contributed by atoms with Crippen LogP contribution >= 0.6 is 0 Å². The lowest BCUT2D eigenvalue weighted by atomic mass is 9.91. The second-order valence-corrected chi connectivity index (χ2v) is 3.10. The fraction of sp³-hybridized carbons (Fsp3) is 0.625. The first-order valence-corrected chi connectivity index (χ1v) is 3.27. The van der Waals surface area contributed by atoms with Gasteiger partial charge in [0.1, 0.15) is 0 Å². The minimum Gasteiger partial charge on any atom is -0.0848 e. The lowest BCUT2D eigenvalue weighted by Crippen LogP contribution is -2.03. The fourth-order valence-electron chi connectivity index (χ4n) is 1.79. The SMILES string of the molecule is [CH]C12C=CC(CC1)C2. The van der Waals surface area contributed by atoms with E-state index < -0.39 is 0 Å². The van der Waals surface area contributed by atoms with Crippen LogP contribution in [0.1, 0.15) is 19.3 Å². The van der Waals surface area contributed by atoms with E-state index in [1.54, 1.807) is 0 Å². The van der Waals surface area contributed by atoms with Gasteiger partial charge in [0, 0.05) is 0 Å². The first kappa shape index (κ1) is 4.60. The maximum absolute atomic E-state index is 5.91. The normalized spacial score (nSPS) is 50.9. The minimum atomic E-state index is 0.130.